The van der Waals surface area contributed by atoms with Crippen LogP contribution in [0, 0.1) is 0 Å². The molecule has 0 amide bonds. The number of hydrogen-bond donors (Lipinski definition) is 4. The predicted octanol–water partition coefficient (Wildman–Crippen LogP) is -2.00. The zero-order valence-corrected chi connectivity index (χ0v) is 10.9. The van der Waals surface area contributed by atoms with E-state index in [-0.39, 0.29) is 11.6 Å². The Bertz CT molecular complexity index is 658. The van der Waals surface area contributed by atoms with E-state index < -0.39 is 36.0 Å². The Hall–Kier alpha value is -1.59. The molecular formula is C10H12N4O5S. The fourth-order valence-corrected chi connectivity index (χ4v) is 2.87. The first-order valence-corrected chi connectivity index (χ1v) is 6.60. The number of anilines is 1. The molecule has 10 heteroatoms. The normalized spacial score (nSPS) is 30.1. The van der Waals surface area contributed by atoms with E-state index in [4.69, 9.17) is 15.6 Å². The first-order chi connectivity index (χ1) is 9.52. The van der Waals surface area contributed by atoms with Gasteiger partial charge >= 0.3 is 4.87 Å². The van der Waals surface area contributed by atoms with Crippen molar-refractivity contribution < 1.29 is 20.1 Å². The number of aliphatic hydroxyl groups excluding tert-OH is 3. The van der Waals surface area contributed by atoms with E-state index in [0.29, 0.717) is 4.88 Å². The highest BCUT2D eigenvalue weighted by Gasteiger charge is 2.44. The third-order valence-electron chi connectivity index (χ3n) is 3.18. The summed E-state index contributed by atoms with van der Waals surface area (Å²) in [5.74, 6) is 0.380. The fraction of sp³-hybridized carbons (Fsp3) is 0.500. The predicted molar refractivity (Wildman–Crippen MR) is 68.2 cm³/mol. The number of aliphatic hydroxyl groups is 3. The molecule has 0 spiro atoms. The van der Waals surface area contributed by atoms with Crippen LogP contribution in [0.25, 0.3) is 10.7 Å². The number of ether oxygens (including phenoxy) is 1. The minimum absolute atomic E-state index is 0.155. The second-order valence-electron chi connectivity index (χ2n) is 4.40. The van der Waals surface area contributed by atoms with Crippen molar-refractivity contribution in [2.75, 3.05) is 12.3 Å². The van der Waals surface area contributed by atoms with E-state index in [1.165, 1.54) is 10.9 Å². The van der Waals surface area contributed by atoms with Crippen LogP contribution in [0.5, 0.6) is 0 Å². The molecule has 0 saturated carbocycles. The lowest BCUT2D eigenvalue weighted by Crippen LogP contribution is -2.33. The van der Waals surface area contributed by atoms with Crippen LogP contribution >= 0.6 is 11.3 Å². The van der Waals surface area contributed by atoms with Gasteiger partial charge in [-0.2, -0.15) is 4.98 Å². The molecule has 0 aromatic carbocycles. The number of hydrogen-bond acceptors (Lipinski definition) is 9. The second kappa shape index (κ2) is 4.75. The van der Waals surface area contributed by atoms with Crippen molar-refractivity contribution in [3.63, 3.8) is 0 Å². The van der Waals surface area contributed by atoms with Crippen molar-refractivity contribution >= 4 is 17.2 Å². The van der Waals surface area contributed by atoms with E-state index >= 15 is 0 Å². The molecule has 4 atom stereocenters. The number of fused-ring (bicyclic) bond motifs is 1. The third-order valence-corrected chi connectivity index (χ3v) is 4.04. The summed E-state index contributed by atoms with van der Waals surface area (Å²) in [6.07, 6.45) is -3.16. The van der Waals surface area contributed by atoms with Gasteiger partial charge in [0.05, 0.1) is 6.61 Å². The minimum Gasteiger partial charge on any atom is -0.394 e. The summed E-state index contributed by atoms with van der Waals surface area (Å²) in [6.45, 7) is -0.440. The maximum atomic E-state index is 11.4. The summed E-state index contributed by atoms with van der Waals surface area (Å²) in [5.41, 5.74) is 5.67. The maximum absolute atomic E-state index is 11.4. The number of thiazole rings is 1. The first-order valence-electron chi connectivity index (χ1n) is 5.78. The smallest absolute Gasteiger partial charge is 0.329 e. The molecule has 1 fully saturated rings. The van der Waals surface area contributed by atoms with Gasteiger partial charge in [0, 0.05) is 0 Å². The molecule has 0 unspecified atom stereocenters. The quantitative estimate of drug-likeness (QED) is 0.498. The lowest BCUT2D eigenvalue weighted by Gasteiger charge is -2.20. The molecule has 108 valence electrons. The summed E-state index contributed by atoms with van der Waals surface area (Å²) in [5, 5.41) is 28.8. The Morgan fingerprint density at radius 2 is 2.20 bits per heavy atom. The molecular weight excluding hydrogens is 288 g/mol. The zero-order chi connectivity index (χ0) is 14.4. The van der Waals surface area contributed by atoms with Crippen molar-refractivity contribution in [2.45, 2.75) is 24.5 Å². The van der Waals surface area contributed by atoms with Gasteiger partial charge in [-0.15, -0.1) is 0 Å². The molecule has 9 nitrogen and oxygen atoms in total. The largest absolute Gasteiger partial charge is 0.394 e. The number of rotatable bonds is 2. The number of nitrogens with two attached hydrogens (primary N) is 1. The highest BCUT2D eigenvalue weighted by molar-refractivity contribution is 7.13. The minimum atomic E-state index is -1.28. The molecule has 3 rings (SSSR count). The van der Waals surface area contributed by atoms with Crippen LogP contribution in [0.15, 0.2) is 11.1 Å². The number of aromatic nitrogens is 3. The Morgan fingerprint density at radius 1 is 1.45 bits per heavy atom. The van der Waals surface area contributed by atoms with Gasteiger partial charge in [-0.05, 0) is 0 Å². The fourth-order valence-electron chi connectivity index (χ4n) is 2.17. The third kappa shape index (κ3) is 1.89. The molecule has 0 aromatic rings. The monoisotopic (exact) mass is 300 g/mol. The summed E-state index contributed by atoms with van der Waals surface area (Å²) in [4.78, 5) is 19.0. The highest BCUT2D eigenvalue weighted by atomic mass is 32.1. The lowest BCUT2D eigenvalue weighted by atomic mass is 10.1. The van der Waals surface area contributed by atoms with E-state index in [2.05, 4.69) is 9.97 Å². The van der Waals surface area contributed by atoms with E-state index in [1.54, 1.807) is 0 Å². The van der Waals surface area contributed by atoms with Crippen LogP contribution in [-0.4, -0.2) is 54.8 Å². The average molecular weight is 300 g/mol. The van der Waals surface area contributed by atoms with Gasteiger partial charge in [-0.25, -0.2) is 4.98 Å². The zero-order valence-electron chi connectivity index (χ0n) is 10.1. The van der Waals surface area contributed by atoms with Gasteiger partial charge in [-0.3, -0.25) is 9.36 Å². The van der Waals surface area contributed by atoms with Crippen LogP contribution in [0.1, 0.15) is 6.23 Å². The van der Waals surface area contributed by atoms with Crippen molar-refractivity contribution in [3.05, 3.63) is 16.0 Å². The van der Waals surface area contributed by atoms with Crippen LogP contribution in [0.4, 0.5) is 5.82 Å². The van der Waals surface area contributed by atoms with Crippen molar-refractivity contribution in [1.82, 2.24) is 14.5 Å². The summed E-state index contributed by atoms with van der Waals surface area (Å²) >= 11 is 0.836. The standard InChI is InChI=1S/C10H12N4O5S/c11-7-6-8(13-10(18)20-6)14(2-12-7)9-5(17)4(16)3(1-15)19-9/h2-5,9,15-17H,1,11H2/t3-,4-,5-,9-/m1/s1. The Kier molecular flexibility index (Phi) is 3.18. The number of nitrogen functional groups attached to an aromatic ring is 1. The van der Waals surface area contributed by atoms with Gasteiger partial charge in [-0.1, -0.05) is 11.3 Å². The summed E-state index contributed by atoms with van der Waals surface area (Å²) in [7, 11) is 0. The number of nitrogens with zero attached hydrogens (tertiary/aromatic N) is 3. The van der Waals surface area contributed by atoms with E-state index in [0.717, 1.165) is 11.3 Å². The molecule has 3 aliphatic heterocycles. The van der Waals surface area contributed by atoms with Crippen molar-refractivity contribution in [1.29, 1.82) is 0 Å². The van der Waals surface area contributed by atoms with Crippen LogP contribution in [0.3, 0.4) is 0 Å². The van der Waals surface area contributed by atoms with Gasteiger partial charge < -0.3 is 25.8 Å². The Labute approximate surface area is 116 Å². The van der Waals surface area contributed by atoms with E-state index in [9.17, 15) is 15.0 Å². The van der Waals surface area contributed by atoms with Crippen LogP contribution < -0.4 is 10.6 Å². The molecule has 3 aliphatic rings. The van der Waals surface area contributed by atoms with Crippen molar-refractivity contribution in [3.8, 4) is 10.7 Å². The van der Waals surface area contributed by atoms with Crippen molar-refractivity contribution in [2.24, 2.45) is 0 Å². The Morgan fingerprint density at radius 3 is 2.85 bits per heavy atom. The van der Waals surface area contributed by atoms with Crippen LogP contribution in [-0.2, 0) is 4.74 Å². The molecule has 1 saturated heterocycles. The second-order valence-corrected chi connectivity index (χ2v) is 5.36. The molecule has 0 aliphatic carbocycles. The highest BCUT2D eigenvalue weighted by Crippen LogP contribution is 2.35. The topological polar surface area (TPSA) is 144 Å². The van der Waals surface area contributed by atoms with Gasteiger partial charge in [0.1, 0.15) is 35.3 Å². The lowest BCUT2D eigenvalue weighted by molar-refractivity contribution is -0.0528. The summed E-state index contributed by atoms with van der Waals surface area (Å²) < 4.78 is 6.70. The van der Waals surface area contributed by atoms with Gasteiger partial charge in [0.25, 0.3) is 0 Å². The first kappa shape index (κ1) is 13.4. The van der Waals surface area contributed by atoms with Gasteiger partial charge in [0.15, 0.2) is 12.1 Å². The molecule has 20 heavy (non-hydrogen) atoms. The summed E-state index contributed by atoms with van der Waals surface area (Å²) in [6, 6.07) is 0. The maximum Gasteiger partial charge on any atom is 0.329 e. The van der Waals surface area contributed by atoms with Gasteiger partial charge in [0.2, 0.25) is 0 Å². The molecule has 5 N–H and O–H groups in total. The van der Waals surface area contributed by atoms with Crippen LogP contribution in [0.2, 0.25) is 0 Å². The molecule has 3 heterocycles. The molecule has 0 bridgehead atoms. The molecule has 0 radical (unpaired) electrons. The molecule has 0 aromatic heterocycles. The van der Waals surface area contributed by atoms with E-state index in [1.807, 2.05) is 0 Å². The SMILES string of the molecule is Nc1ncn([C@@H]2O[C@H](CO)[C@@H](O)[C@H]2O)c2nc(=O)sc1-2. The Balaban J connectivity index is 2.08. The average Bonchev–Trinajstić information content (AvgIpc) is 2.94.